The zero-order valence-corrected chi connectivity index (χ0v) is 23.2. The van der Waals surface area contributed by atoms with Gasteiger partial charge in [0.15, 0.2) is 12.6 Å². The molecule has 0 spiro atoms. The zero-order chi connectivity index (χ0) is 30.5. The van der Waals surface area contributed by atoms with Crippen LogP contribution < -0.4 is 34.0 Å². The first-order valence-corrected chi connectivity index (χ1v) is 13.9. The SMILES string of the molecule is COCC1(O)C(O[C@@H]2OC(CN)CCC2N)[C@@H](N)C[C@@H](NC(=O)[C@@H](O)CCN)[C@H]1O[C@@H]1OC(CO)[C@H](O)[C@H](N)C1O. The number of rotatable bonds is 12. The molecule has 3 fully saturated rings. The molecule has 3 aliphatic rings. The molecule has 0 aromatic carbocycles. The van der Waals surface area contributed by atoms with E-state index in [-0.39, 0.29) is 32.0 Å². The van der Waals surface area contributed by atoms with E-state index in [1.54, 1.807) is 0 Å². The Balaban J connectivity index is 1.97. The summed E-state index contributed by atoms with van der Waals surface area (Å²) in [6.45, 7) is -0.809. The number of hydrogen-bond donors (Lipinski definition) is 11. The van der Waals surface area contributed by atoms with Gasteiger partial charge in [0.05, 0.1) is 37.4 Å². The largest absolute Gasteiger partial charge is 0.394 e. The maximum atomic E-state index is 12.8. The van der Waals surface area contributed by atoms with Crippen molar-refractivity contribution in [1.82, 2.24) is 5.32 Å². The number of amides is 1. The number of aliphatic hydroxyl groups excluding tert-OH is 4. The molecule has 2 heterocycles. The molecular formula is C24H48N6O11. The van der Waals surface area contributed by atoms with Crippen molar-refractivity contribution in [3.8, 4) is 0 Å². The van der Waals surface area contributed by atoms with Gasteiger partial charge < -0.3 is 83.2 Å². The molecule has 2 saturated heterocycles. The number of hydrogen-bond acceptors (Lipinski definition) is 16. The van der Waals surface area contributed by atoms with E-state index in [2.05, 4.69) is 5.32 Å². The quantitative estimate of drug-likeness (QED) is 0.0997. The van der Waals surface area contributed by atoms with Gasteiger partial charge in [-0.05, 0) is 32.2 Å². The first-order valence-electron chi connectivity index (χ1n) is 13.9. The minimum Gasteiger partial charge on any atom is -0.394 e. The normalized spacial score (nSPS) is 44.4. The average Bonchev–Trinajstić information content (AvgIpc) is 2.94. The molecular weight excluding hydrogens is 548 g/mol. The van der Waals surface area contributed by atoms with Gasteiger partial charge >= 0.3 is 0 Å². The minimum atomic E-state index is -2.13. The first kappa shape index (κ1) is 34.4. The highest BCUT2D eigenvalue weighted by Gasteiger charge is 2.59. The Hall–Kier alpha value is -1.13. The topological polar surface area (TPSA) is 306 Å². The first-order chi connectivity index (χ1) is 19.4. The Bertz CT molecular complexity index is 833. The number of ether oxygens (including phenoxy) is 5. The van der Waals surface area contributed by atoms with Crippen LogP contribution in [-0.2, 0) is 28.5 Å². The van der Waals surface area contributed by atoms with E-state index in [4.69, 9.17) is 52.4 Å². The van der Waals surface area contributed by atoms with Crippen molar-refractivity contribution in [2.24, 2.45) is 28.7 Å². The van der Waals surface area contributed by atoms with Crippen LogP contribution in [-0.4, -0.2) is 150 Å². The lowest BCUT2D eigenvalue weighted by atomic mass is 9.74. The van der Waals surface area contributed by atoms with Crippen LogP contribution >= 0.6 is 0 Å². The third-order valence-electron chi connectivity index (χ3n) is 7.97. The van der Waals surface area contributed by atoms with Crippen LogP contribution in [0.2, 0.25) is 0 Å². The number of nitrogens with two attached hydrogens (primary N) is 5. The summed E-state index contributed by atoms with van der Waals surface area (Å²) in [4.78, 5) is 12.8. The van der Waals surface area contributed by atoms with Crippen LogP contribution in [0.25, 0.3) is 0 Å². The van der Waals surface area contributed by atoms with Gasteiger partial charge in [0, 0.05) is 19.7 Å². The number of carbonyl (C=O) groups excluding carboxylic acids is 1. The molecule has 14 atom stereocenters. The molecule has 240 valence electrons. The Kier molecular flexibility index (Phi) is 12.6. The Labute approximate surface area is 238 Å². The maximum absolute atomic E-state index is 12.8. The predicted octanol–water partition coefficient (Wildman–Crippen LogP) is -6.38. The van der Waals surface area contributed by atoms with Gasteiger partial charge in [-0.2, -0.15) is 0 Å². The van der Waals surface area contributed by atoms with Gasteiger partial charge in [-0.1, -0.05) is 0 Å². The highest BCUT2D eigenvalue weighted by atomic mass is 16.7. The molecule has 2 aliphatic heterocycles. The van der Waals surface area contributed by atoms with Crippen molar-refractivity contribution in [1.29, 1.82) is 0 Å². The van der Waals surface area contributed by atoms with E-state index in [0.29, 0.717) is 12.8 Å². The standard InChI is InChI=1S/C24H48N6O11/c1-37-9-24(36)19(40-22-11(27)3-2-10(7-26)38-22)12(28)6-13(30-21(35)14(32)4-5-25)20(24)41-23-18(34)16(29)17(33)15(8-31)39-23/h10-20,22-23,31-34,36H,2-9,25-29H2,1H3,(H,30,35)/t10?,11?,12-,13+,14-,15?,16-,17-,18?,19?,20+,22-,23-,24?/m0/s1. The summed E-state index contributed by atoms with van der Waals surface area (Å²) in [5, 5.41) is 55.8. The van der Waals surface area contributed by atoms with Crippen molar-refractivity contribution >= 4 is 5.91 Å². The summed E-state index contributed by atoms with van der Waals surface area (Å²) >= 11 is 0. The molecule has 6 unspecified atom stereocenters. The zero-order valence-electron chi connectivity index (χ0n) is 23.2. The predicted molar refractivity (Wildman–Crippen MR) is 141 cm³/mol. The van der Waals surface area contributed by atoms with Crippen molar-refractivity contribution in [3.63, 3.8) is 0 Å². The fourth-order valence-electron chi connectivity index (χ4n) is 5.65. The van der Waals surface area contributed by atoms with Gasteiger partial charge in [0.2, 0.25) is 5.91 Å². The molecule has 0 aromatic rings. The fourth-order valence-corrected chi connectivity index (χ4v) is 5.65. The number of nitrogens with one attached hydrogen (secondary N) is 1. The van der Waals surface area contributed by atoms with Gasteiger partial charge in [0.1, 0.15) is 42.2 Å². The smallest absolute Gasteiger partial charge is 0.249 e. The second-order valence-corrected chi connectivity index (χ2v) is 11.0. The maximum Gasteiger partial charge on any atom is 0.249 e. The van der Waals surface area contributed by atoms with E-state index in [1.807, 2.05) is 0 Å². The molecule has 1 saturated carbocycles. The van der Waals surface area contributed by atoms with Crippen molar-refractivity contribution < 1.29 is 54.0 Å². The third-order valence-corrected chi connectivity index (χ3v) is 7.97. The summed E-state index contributed by atoms with van der Waals surface area (Å²) < 4.78 is 29.1. The lowest BCUT2D eigenvalue weighted by Crippen LogP contribution is -2.75. The molecule has 0 aromatic heterocycles. The Morgan fingerprint density at radius 1 is 1.05 bits per heavy atom. The average molecular weight is 597 g/mol. The summed E-state index contributed by atoms with van der Waals surface area (Å²) in [6.07, 6.45) is -10.2. The lowest BCUT2D eigenvalue weighted by Gasteiger charge is -2.53. The molecule has 0 radical (unpaired) electrons. The van der Waals surface area contributed by atoms with Crippen LogP contribution in [0.1, 0.15) is 25.7 Å². The number of aliphatic hydroxyl groups is 5. The summed E-state index contributed by atoms with van der Waals surface area (Å²) in [7, 11) is 1.32. The highest BCUT2D eigenvalue weighted by molar-refractivity contribution is 5.80. The number of methoxy groups -OCH3 is 1. The molecule has 3 rings (SSSR count). The van der Waals surface area contributed by atoms with E-state index in [1.165, 1.54) is 7.11 Å². The van der Waals surface area contributed by atoms with Gasteiger partial charge in [-0.25, -0.2) is 0 Å². The summed E-state index contributed by atoms with van der Waals surface area (Å²) in [5.41, 5.74) is 27.8. The van der Waals surface area contributed by atoms with Gasteiger partial charge in [-0.15, -0.1) is 0 Å². The highest BCUT2D eigenvalue weighted by Crippen LogP contribution is 2.38. The molecule has 17 heteroatoms. The van der Waals surface area contributed by atoms with Crippen LogP contribution in [0.3, 0.4) is 0 Å². The third kappa shape index (κ3) is 7.69. The summed E-state index contributed by atoms with van der Waals surface area (Å²) in [6, 6.07) is -3.85. The van der Waals surface area contributed by atoms with E-state index in [9.17, 15) is 30.3 Å². The van der Waals surface area contributed by atoms with Crippen LogP contribution in [0.4, 0.5) is 0 Å². The fraction of sp³-hybridized carbons (Fsp3) is 0.958. The molecule has 0 bridgehead atoms. The van der Waals surface area contributed by atoms with Crippen LogP contribution in [0, 0.1) is 0 Å². The van der Waals surface area contributed by atoms with Gasteiger partial charge in [-0.3, -0.25) is 4.79 Å². The van der Waals surface area contributed by atoms with Crippen LogP contribution in [0.5, 0.6) is 0 Å². The monoisotopic (exact) mass is 596 g/mol. The van der Waals surface area contributed by atoms with Gasteiger partial charge in [0.25, 0.3) is 0 Å². The van der Waals surface area contributed by atoms with Crippen molar-refractivity contribution in [3.05, 3.63) is 0 Å². The Morgan fingerprint density at radius 2 is 1.73 bits per heavy atom. The molecule has 16 N–H and O–H groups in total. The van der Waals surface area contributed by atoms with E-state index < -0.39 is 98.1 Å². The van der Waals surface area contributed by atoms with Crippen LogP contribution in [0.15, 0.2) is 0 Å². The molecule has 1 amide bonds. The molecule has 17 nitrogen and oxygen atoms in total. The van der Waals surface area contributed by atoms with E-state index in [0.717, 1.165) is 0 Å². The number of carbonyl (C=O) groups is 1. The minimum absolute atomic E-state index is 0.0290. The van der Waals surface area contributed by atoms with Crippen molar-refractivity contribution in [2.75, 3.05) is 33.4 Å². The summed E-state index contributed by atoms with van der Waals surface area (Å²) in [5.74, 6) is -0.797. The lowest BCUT2D eigenvalue weighted by molar-refractivity contribution is -0.337. The van der Waals surface area contributed by atoms with E-state index >= 15 is 0 Å². The second-order valence-electron chi connectivity index (χ2n) is 11.0. The van der Waals surface area contributed by atoms with Crippen molar-refractivity contribution in [2.45, 2.75) is 111 Å². The Morgan fingerprint density at radius 3 is 2.34 bits per heavy atom. The molecule has 41 heavy (non-hydrogen) atoms. The second kappa shape index (κ2) is 15.0. The molecule has 1 aliphatic carbocycles.